The molecule has 0 aliphatic rings. The van der Waals surface area contributed by atoms with E-state index in [-0.39, 0.29) is 25.7 Å². The van der Waals surface area contributed by atoms with Gasteiger partial charge in [0, 0.05) is 25.7 Å². The first-order valence-electron chi connectivity index (χ1n) is 39.2. The standard InChI is InChI=1S/C76H148O17P2/c1-9-69(8)55-47-39-34-35-41-49-57-74(79)87-63-72(93-75(80)58-50-42-32-26-20-16-18-23-29-37-45-53-67(4)5)65-91-95(84,85)89-61-70(77)60-88-94(82,83)90-64-71(92-76(81)59-51-43-33-27-21-24-30-38-46-54-68(6)7)62-86-73(78)56-48-40-31-25-19-15-13-11-10-12-14-17-22-28-36-44-52-66(2)3/h66-72,77H,9-65H2,1-8H3,(H,82,83)(H,84,85)/t69?,70-,71-,72-/m1/s1. The fraction of sp³-hybridized carbons (Fsp3) is 0.947. The maximum atomic E-state index is 13.1. The number of hydrogen-bond acceptors (Lipinski definition) is 15. The highest BCUT2D eigenvalue weighted by Crippen LogP contribution is 2.45. The molecule has 0 aliphatic carbocycles. The van der Waals surface area contributed by atoms with E-state index in [0.717, 1.165) is 120 Å². The number of ether oxygens (including phenoxy) is 4. The first-order chi connectivity index (χ1) is 45.6. The molecule has 19 heteroatoms. The molecule has 0 spiro atoms. The maximum absolute atomic E-state index is 13.1. The van der Waals surface area contributed by atoms with Gasteiger partial charge >= 0.3 is 39.5 Å². The molecular formula is C76H148O17P2. The van der Waals surface area contributed by atoms with Crippen LogP contribution in [0.2, 0.25) is 0 Å². The number of phosphoric ester groups is 2. The third-order valence-corrected chi connectivity index (χ3v) is 19.8. The van der Waals surface area contributed by atoms with Crippen LogP contribution in [0.5, 0.6) is 0 Å². The first-order valence-corrected chi connectivity index (χ1v) is 42.2. The predicted molar refractivity (Wildman–Crippen MR) is 386 cm³/mol. The normalized spacial score (nSPS) is 14.4. The second kappa shape index (κ2) is 65.4. The maximum Gasteiger partial charge on any atom is 0.472 e. The van der Waals surface area contributed by atoms with Crippen LogP contribution in [0.15, 0.2) is 0 Å². The van der Waals surface area contributed by atoms with Crippen molar-refractivity contribution in [1.29, 1.82) is 0 Å². The SMILES string of the molecule is CCC(C)CCCCCCCCC(=O)OC[C@H](COP(=O)(O)OC[C@H](O)COP(=O)(O)OC[C@@H](COC(=O)CCCCCCCCCCCCCCCCCCC(C)C)OC(=O)CCCCCCCCCCCC(C)C)OC(=O)CCCCCCCCCCCCCC(C)C. The van der Waals surface area contributed by atoms with E-state index in [1.54, 1.807) is 0 Å². The lowest BCUT2D eigenvalue weighted by Gasteiger charge is -2.21. The zero-order valence-electron chi connectivity index (χ0n) is 62.3. The lowest BCUT2D eigenvalue weighted by molar-refractivity contribution is -0.161. The minimum absolute atomic E-state index is 0.105. The Morgan fingerprint density at radius 2 is 0.505 bits per heavy atom. The van der Waals surface area contributed by atoms with Crippen molar-refractivity contribution >= 4 is 39.5 Å². The number of hydrogen-bond donors (Lipinski definition) is 3. The Balaban J connectivity index is 5.21. The van der Waals surface area contributed by atoms with E-state index in [4.69, 9.17) is 37.0 Å². The molecule has 6 atom stereocenters. The summed E-state index contributed by atoms with van der Waals surface area (Å²) in [5.41, 5.74) is 0. The van der Waals surface area contributed by atoms with Gasteiger partial charge in [0.05, 0.1) is 26.4 Å². The van der Waals surface area contributed by atoms with E-state index in [2.05, 4.69) is 55.4 Å². The highest BCUT2D eigenvalue weighted by Gasteiger charge is 2.30. The Morgan fingerprint density at radius 3 is 0.747 bits per heavy atom. The van der Waals surface area contributed by atoms with Crippen LogP contribution in [0.4, 0.5) is 0 Å². The van der Waals surface area contributed by atoms with Gasteiger partial charge in [0.25, 0.3) is 0 Å². The average molecular weight is 1400 g/mol. The third kappa shape index (κ3) is 69.0. The van der Waals surface area contributed by atoms with E-state index in [0.29, 0.717) is 25.7 Å². The third-order valence-electron chi connectivity index (χ3n) is 17.9. The van der Waals surface area contributed by atoms with Crippen molar-refractivity contribution in [2.45, 2.75) is 401 Å². The summed E-state index contributed by atoms with van der Waals surface area (Å²) in [4.78, 5) is 72.8. The van der Waals surface area contributed by atoms with Gasteiger partial charge < -0.3 is 33.8 Å². The van der Waals surface area contributed by atoms with Crippen LogP contribution in [0.25, 0.3) is 0 Å². The van der Waals surface area contributed by atoms with E-state index in [1.807, 2.05) is 0 Å². The summed E-state index contributed by atoms with van der Waals surface area (Å²) in [6.07, 6.45) is 50.0. The molecule has 0 rings (SSSR count). The van der Waals surface area contributed by atoms with Crippen molar-refractivity contribution in [2.24, 2.45) is 23.7 Å². The molecule has 0 aromatic rings. The minimum Gasteiger partial charge on any atom is -0.462 e. The molecular weight excluding hydrogens is 1250 g/mol. The van der Waals surface area contributed by atoms with Crippen LogP contribution in [-0.4, -0.2) is 96.7 Å². The summed E-state index contributed by atoms with van der Waals surface area (Å²) in [5, 5.41) is 10.6. The van der Waals surface area contributed by atoms with Crippen molar-refractivity contribution in [3.05, 3.63) is 0 Å². The number of rotatable bonds is 73. The monoisotopic (exact) mass is 1400 g/mol. The summed E-state index contributed by atoms with van der Waals surface area (Å²) in [5.74, 6) is 0.923. The van der Waals surface area contributed by atoms with Crippen LogP contribution >= 0.6 is 15.6 Å². The molecule has 17 nitrogen and oxygen atoms in total. The molecule has 0 aromatic heterocycles. The van der Waals surface area contributed by atoms with Crippen LogP contribution in [0.1, 0.15) is 383 Å². The van der Waals surface area contributed by atoms with E-state index < -0.39 is 97.5 Å². The smallest absolute Gasteiger partial charge is 0.462 e. The molecule has 3 unspecified atom stereocenters. The van der Waals surface area contributed by atoms with Crippen molar-refractivity contribution in [3.63, 3.8) is 0 Å². The number of phosphoric acid groups is 2. The lowest BCUT2D eigenvalue weighted by atomic mass is 10.00. The van der Waals surface area contributed by atoms with Gasteiger partial charge in [0.2, 0.25) is 0 Å². The largest absolute Gasteiger partial charge is 0.472 e. The second-order valence-corrected chi connectivity index (χ2v) is 32.0. The number of aliphatic hydroxyl groups is 1. The minimum atomic E-state index is -4.96. The number of aliphatic hydroxyl groups excluding tert-OH is 1. The number of carbonyl (C=O) groups excluding carboxylic acids is 4. The van der Waals surface area contributed by atoms with Gasteiger partial charge in [0.1, 0.15) is 19.3 Å². The fourth-order valence-electron chi connectivity index (χ4n) is 11.5. The zero-order valence-corrected chi connectivity index (χ0v) is 64.1. The van der Waals surface area contributed by atoms with Crippen LogP contribution in [-0.2, 0) is 65.4 Å². The quantitative estimate of drug-likeness (QED) is 0.0222. The summed E-state index contributed by atoms with van der Waals surface area (Å²) in [7, 11) is -9.91. The molecule has 564 valence electrons. The van der Waals surface area contributed by atoms with Crippen LogP contribution in [0, 0.1) is 23.7 Å². The van der Waals surface area contributed by atoms with Crippen molar-refractivity contribution < 1.29 is 80.2 Å². The predicted octanol–water partition coefficient (Wildman–Crippen LogP) is 22.0. The molecule has 0 fully saturated rings. The number of esters is 4. The molecule has 0 aliphatic heterocycles. The Labute approximate surface area is 581 Å². The van der Waals surface area contributed by atoms with E-state index in [1.165, 1.54) is 180 Å². The summed E-state index contributed by atoms with van der Waals surface area (Å²) >= 11 is 0. The Bertz CT molecular complexity index is 1870. The Kier molecular flexibility index (Phi) is 64.0. The molecule has 95 heavy (non-hydrogen) atoms. The lowest BCUT2D eigenvalue weighted by Crippen LogP contribution is -2.30. The fourth-order valence-corrected chi connectivity index (χ4v) is 13.1. The van der Waals surface area contributed by atoms with Crippen LogP contribution < -0.4 is 0 Å². The molecule has 0 radical (unpaired) electrons. The Hall–Kier alpha value is -1.94. The van der Waals surface area contributed by atoms with Gasteiger partial charge in [0.15, 0.2) is 12.2 Å². The van der Waals surface area contributed by atoms with E-state index >= 15 is 0 Å². The van der Waals surface area contributed by atoms with Gasteiger partial charge in [-0.05, 0) is 49.4 Å². The number of carbonyl (C=O) groups is 4. The van der Waals surface area contributed by atoms with Gasteiger partial charge in [-0.25, -0.2) is 9.13 Å². The van der Waals surface area contributed by atoms with Crippen molar-refractivity contribution in [3.8, 4) is 0 Å². The van der Waals surface area contributed by atoms with E-state index in [9.17, 15) is 43.2 Å². The van der Waals surface area contributed by atoms with Gasteiger partial charge in [-0.3, -0.25) is 37.3 Å². The average Bonchev–Trinajstić information content (AvgIpc) is 3.74. The summed E-state index contributed by atoms with van der Waals surface area (Å²) in [6, 6.07) is 0. The Morgan fingerprint density at radius 1 is 0.295 bits per heavy atom. The highest BCUT2D eigenvalue weighted by molar-refractivity contribution is 7.47. The molecule has 0 heterocycles. The molecule has 0 aromatic carbocycles. The second-order valence-electron chi connectivity index (χ2n) is 29.1. The molecule has 3 N–H and O–H groups in total. The zero-order chi connectivity index (χ0) is 70.3. The number of unbranched alkanes of at least 4 members (excludes halogenated alkanes) is 38. The molecule has 0 saturated heterocycles. The molecule has 0 saturated carbocycles. The van der Waals surface area contributed by atoms with Crippen molar-refractivity contribution in [2.75, 3.05) is 39.6 Å². The topological polar surface area (TPSA) is 237 Å². The first kappa shape index (κ1) is 93.1. The summed E-state index contributed by atoms with van der Waals surface area (Å²) in [6.45, 7) is 14.2. The summed E-state index contributed by atoms with van der Waals surface area (Å²) < 4.78 is 68.5. The van der Waals surface area contributed by atoms with Crippen molar-refractivity contribution in [1.82, 2.24) is 0 Å². The van der Waals surface area contributed by atoms with Crippen LogP contribution in [0.3, 0.4) is 0 Å². The van der Waals surface area contributed by atoms with Gasteiger partial charge in [-0.15, -0.1) is 0 Å². The van der Waals surface area contributed by atoms with Gasteiger partial charge in [-0.1, -0.05) is 331 Å². The van der Waals surface area contributed by atoms with Gasteiger partial charge in [-0.2, -0.15) is 0 Å². The molecule has 0 amide bonds. The molecule has 0 bridgehead atoms. The highest BCUT2D eigenvalue weighted by atomic mass is 31.2.